The number of halogens is 1. The van der Waals surface area contributed by atoms with E-state index in [0.29, 0.717) is 19.4 Å². The Balaban J connectivity index is 2.95. The van der Waals surface area contributed by atoms with Gasteiger partial charge in [-0.05, 0) is 37.5 Å². The Labute approximate surface area is 138 Å². The normalized spacial score (nSPS) is 13.3. The minimum absolute atomic E-state index is 0.0703. The zero-order valence-electron chi connectivity index (χ0n) is 14.4. The molecular weight excluding hydrogens is 295 g/mol. The molecule has 0 saturated heterocycles. The lowest BCUT2D eigenvalue weighted by Crippen LogP contribution is -2.50. The fourth-order valence-electron chi connectivity index (χ4n) is 2.35. The van der Waals surface area contributed by atoms with Crippen molar-refractivity contribution in [3.05, 3.63) is 35.6 Å². The van der Waals surface area contributed by atoms with Crippen molar-refractivity contribution in [2.75, 3.05) is 0 Å². The van der Waals surface area contributed by atoms with Crippen LogP contribution in [0.4, 0.5) is 4.39 Å². The zero-order valence-corrected chi connectivity index (χ0v) is 14.4. The van der Waals surface area contributed by atoms with Gasteiger partial charge in [-0.1, -0.05) is 32.9 Å². The van der Waals surface area contributed by atoms with Crippen molar-refractivity contribution in [3.8, 4) is 0 Å². The SMILES string of the molecule is CCC(=O)N(Cc1ccc(F)cc1)[C@@H](CC)C(=O)N[C@H](C)CC. The molecule has 0 aliphatic rings. The van der Waals surface area contributed by atoms with Gasteiger partial charge in [0.15, 0.2) is 0 Å². The second-order valence-electron chi connectivity index (χ2n) is 5.74. The van der Waals surface area contributed by atoms with Gasteiger partial charge in [0.25, 0.3) is 0 Å². The van der Waals surface area contributed by atoms with Gasteiger partial charge in [-0.25, -0.2) is 4.39 Å². The highest BCUT2D eigenvalue weighted by Gasteiger charge is 2.28. The third-order valence-corrected chi connectivity index (χ3v) is 3.96. The molecule has 0 bridgehead atoms. The van der Waals surface area contributed by atoms with E-state index in [0.717, 1.165) is 12.0 Å². The van der Waals surface area contributed by atoms with Crippen LogP contribution < -0.4 is 5.32 Å². The predicted octanol–water partition coefficient (Wildman–Crippen LogP) is 3.26. The first-order valence-electron chi connectivity index (χ1n) is 8.27. The van der Waals surface area contributed by atoms with E-state index in [9.17, 15) is 14.0 Å². The van der Waals surface area contributed by atoms with Crippen molar-refractivity contribution in [2.24, 2.45) is 0 Å². The van der Waals surface area contributed by atoms with Crippen molar-refractivity contribution in [1.29, 1.82) is 0 Å². The number of nitrogens with one attached hydrogen (secondary N) is 1. The molecule has 0 fully saturated rings. The molecule has 1 aromatic rings. The molecule has 4 nitrogen and oxygen atoms in total. The number of nitrogens with zero attached hydrogens (tertiary/aromatic N) is 1. The molecule has 0 saturated carbocycles. The van der Waals surface area contributed by atoms with Crippen molar-refractivity contribution in [3.63, 3.8) is 0 Å². The molecule has 0 spiro atoms. The predicted molar refractivity (Wildman–Crippen MR) is 89.2 cm³/mol. The molecule has 1 N–H and O–H groups in total. The highest BCUT2D eigenvalue weighted by atomic mass is 19.1. The summed E-state index contributed by atoms with van der Waals surface area (Å²) >= 11 is 0. The molecule has 0 aromatic heterocycles. The van der Waals surface area contributed by atoms with Crippen molar-refractivity contribution in [2.45, 2.75) is 65.6 Å². The van der Waals surface area contributed by atoms with Crippen molar-refractivity contribution < 1.29 is 14.0 Å². The highest BCUT2D eigenvalue weighted by molar-refractivity contribution is 5.87. The molecule has 0 radical (unpaired) electrons. The Kier molecular flexibility index (Phi) is 7.72. The number of carbonyl (C=O) groups excluding carboxylic acids is 2. The van der Waals surface area contributed by atoms with Crippen LogP contribution in [-0.4, -0.2) is 28.8 Å². The smallest absolute Gasteiger partial charge is 0.243 e. The zero-order chi connectivity index (χ0) is 17.4. The molecule has 5 heteroatoms. The van der Waals surface area contributed by atoms with Crippen LogP contribution in [0.2, 0.25) is 0 Å². The Morgan fingerprint density at radius 3 is 2.22 bits per heavy atom. The molecule has 0 aliphatic carbocycles. The molecule has 2 atom stereocenters. The van der Waals surface area contributed by atoms with Crippen LogP contribution in [0, 0.1) is 5.82 Å². The van der Waals surface area contributed by atoms with Crippen molar-refractivity contribution >= 4 is 11.8 Å². The van der Waals surface area contributed by atoms with Gasteiger partial charge in [-0.2, -0.15) is 0 Å². The summed E-state index contributed by atoms with van der Waals surface area (Å²) in [6.45, 7) is 7.91. The number of hydrogen-bond donors (Lipinski definition) is 1. The van der Waals surface area contributed by atoms with Gasteiger partial charge in [0, 0.05) is 19.0 Å². The quantitative estimate of drug-likeness (QED) is 0.798. The minimum Gasteiger partial charge on any atom is -0.352 e. The average molecular weight is 322 g/mol. The van der Waals surface area contributed by atoms with Gasteiger partial charge < -0.3 is 10.2 Å². The van der Waals surface area contributed by atoms with E-state index in [1.54, 1.807) is 24.0 Å². The number of amides is 2. The maximum atomic E-state index is 13.0. The van der Waals surface area contributed by atoms with E-state index in [1.165, 1.54) is 12.1 Å². The Hall–Kier alpha value is -1.91. The third kappa shape index (κ3) is 5.66. The molecule has 1 rings (SSSR count). The Morgan fingerprint density at radius 2 is 1.74 bits per heavy atom. The topological polar surface area (TPSA) is 49.4 Å². The standard InChI is InChI=1S/C18H27FN2O2/c1-5-13(4)20-18(23)16(6-2)21(17(22)7-3)12-14-8-10-15(19)11-9-14/h8-11,13,16H,5-7,12H2,1-4H3,(H,20,23)/t13-,16+/m1/s1. The first-order valence-corrected chi connectivity index (χ1v) is 8.27. The summed E-state index contributed by atoms with van der Waals surface area (Å²) in [4.78, 5) is 26.4. The fourth-order valence-corrected chi connectivity index (χ4v) is 2.35. The molecular formula is C18H27FN2O2. The number of benzene rings is 1. The van der Waals surface area contributed by atoms with Crippen LogP contribution in [0.1, 0.15) is 52.5 Å². The lowest BCUT2D eigenvalue weighted by atomic mass is 10.1. The Bertz CT molecular complexity index is 516. The minimum atomic E-state index is -0.512. The summed E-state index contributed by atoms with van der Waals surface area (Å²) in [5, 5.41) is 2.94. The largest absolute Gasteiger partial charge is 0.352 e. The van der Waals surface area contributed by atoms with E-state index >= 15 is 0 Å². The number of carbonyl (C=O) groups is 2. The monoisotopic (exact) mass is 322 g/mol. The van der Waals surface area contributed by atoms with Crippen LogP contribution in [0.25, 0.3) is 0 Å². The average Bonchev–Trinajstić information content (AvgIpc) is 2.55. The number of hydrogen-bond acceptors (Lipinski definition) is 2. The summed E-state index contributed by atoms with van der Waals surface area (Å²) in [6.07, 6.45) is 1.70. The molecule has 1 aromatic carbocycles. The van der Waals surface area contributed by atoms with E-state index in [1.807, 2.05) is 20.8 Å². The first kappa shape index (κ1) is 19.1. The fraction of sp³-hybridized carbons (Fsp3) is 0.556. The van der Waals surface area contributed by atoms with Crippen LogP contribution in [0.15, 0.2) is 24.3 Å². The molecule has 2 amide bonds. The molecule has 23 heavy (non-hydrogen) atoms. The maximum Gasteiger partial charge on any atom is 0.243 e. The summed E-state index contributed by atoms with van der Waals surface area (Å²) in [7, 11) is 0. The Morgan fingerprint density at radius 1 is 1.13 bits per heavy atom. The summed E-state index contributed by atoms with van der Waals surface area (Å²) in [5.74, 6) is -0.532. The molecule has 0 aliphatic heterocycles. The van der Waals surface area contributed by atoms with Crippen LogP contribution in [-0.2, 0) is 16.1 Å². The first-order chi connectivity index (χ1) is 10.9. The highest BCUT2D eigenvalue weighted by Crippen LogP contribution is 2.14. The van der Waals surface area contributed by atoms with Crippen LogP contribution >= 0.6 is 0 Å². The molecule has 0 heterocycles. The van der Waals surface area contributed by atoms with E-state index < -0.39 is 6.04 Å². The van der Waals surface area contributed by atoms with E-state index in [2.05, 4.69) is 5.32 Å². The van der Waals surface area contributed by atoms with Gasteiger partial charge >= 0.3 is 0 Å². The molecule has 0 unspecified atom stereocenters. The van der Waals surface area contributed by atoms with Gasteiger partial charge in [0.2, 0.25) is 11.8 Å². The summed E-state index contributed by atoms with van der Waals surface area (Å²) < 4.78 is 13.0. The summed E-state index contributed by atoms with van der Waals surface area (Å²) in [6, 6.07) is 5.58. The lowest BCUT2D eigenvalue weighted by Gasteiger charge is -2.31. The second kappa shape index (κ2) is 9.28. The van der Waals surface area contributed by atoms with Gasteiger partial charge in [-0.3, -0.25) is 9.59 Å². The maximum absolute atomic E-state index is 13.0. The number of rotatable bonds is 8. The lowest BCUT2D eigenvalue weighted by molar-refractivity contribution is -0.141. The van der Waals surface area contributed by atoms with Crippen LogP contribution in [0.3, 0.4) is 0 Å². The van der Waals surface area contributed by atoms with Crippen molar-refractivity contribution in [1.82, 2.24) is 10.2 Å². The summed E-state index contributed by atoms with van der Waals surface area (Å²) in [5.41, 5.74) is 0.808. The van der Waals surface area contributed by atoms with Gasteiger partial charge in [0.1, 0.15) is 11.9 Å². The van der Waals surface area contributed by atoms with E-state index in [-0.39, 0.29) is 23.7 Å². The molecule has 128 valence electrons. The second-order valence-corrected chi connectivity index (χ2v) is 5.74. The third-order valence-electron chi connectivity index (χ3n) is 3.96. The van der Waals surface area contributed by atoms with Gasteiger partial charge in [0.05, 0.1) is 0 Å². The van der Waals surface area contributed by atoms with E-state index in [4.69, 9.17) is 0 Å². The van der Waals surface area contributed by atoms with Gasteiger partial charge in [-0.15, -0.1) is 0 Å². The van der Waals surface area contributed by atoms with Crippen LogP contribution in [0.5, 0.6) is 0 Å².